The Hall–Kier alpha value is -1.94. The molecule has 1 rings (SSSR count). The highest BCUT2D eigenvalue weighted by atomic mass is 16.5. The molecule has 6 nitrogen and oxygen atoms in total. The molecule has 0 heterocycles. The summed E-state index contributed by atoms with van der Waals surface area (Å²) in [6.07, 6.45) is 5.55. The van der Waals surface area contributed by atoms with Crippen LogP contribution in [-0.4, -0.2) is 36.3 Å². The molecule has 0 aliphatic heterocycles. The number of rotatable bonds is 5. The summed E-state index contributed by atoms with van der Waals surface area (Å²) in [5, 5.41) is 8.96. The zero-order valence-corrected chi connectivity index (χ0v) is 9.17. The van der Waals surface area contributed by atoms with Crippen LogP contribution in [0.15, 0.2) is 17.1 Å². The Morgan fingerprint density at radius 2 is 2.00 bits per heavy atom. The summed E-state index contributed by atoms with van der Waals surface area (Å²) in [7, 11) is 0. The van der Waals surface area contributed by atoms with E-state index in [0.717, 1.165) is 0 Å². The predicted molar refractivity (Wildman–Crippen MR) is 56.9 cm³/mol. The number of carboxylic acids is 1. The Morgan fingerprint density at radius 3 is 2.59 bits per heavy atom. The summed E-state index contributed by atoms with van der Waals surface area (Å²) in [5.41, 5.74) is 0. The van der Waals surface area contributed by atoms with Gasteiger partial charge < -0.3 is 9.84 Å². The monoisotopic (exact) mass is 239 g/mol. The number of carbonyl (C=O) groups excluding carboxylic acids is 2. The Bertz CT molecular complexity index is 370. The highest BCUT2D eigenvalue weighted by molar-refractivity contribution is 5.81. The molecule has 0 bridgehead atoms. The number of aliphatic imine (C=N–C) groups is 1. The standard InChI is InChI=1S/C11H13NO5/c13-7-12-5-6-17-11(16)9-4-2-1-3-8(9)10(14)15/h1-2,8-9H,3-6H2,(H,14,15). The van der Waals surface area contributed by atoms with E-state index < -0.39 is 23.8 Å². The van der Waals surface area contributed by atoms with Crippen molar-refractivity contribution in [2.75, 3.05) is 13.2 Å². The molecule has 0 aromatic carbocycles. The molecule has 2 atom stereocenters. The number of hydrogen-bond donors (Lipinski definition) is 1. The number of carboxylic acid groups (broad SMARTS) is 1. The van der Waals surface area contributed by atoms with Gasteiger partial charge in [-0.05, 0) is 12.8 Å². The summed E-state index contributed by atoms with van der Waals surface area (Å²) in [6.45, 7) is 0.0240. The van der Waals surface area contributed by atoms with Crippen molar-refractivity contribution in [2.24, 2.45) is 16.8 Å². The van der Waals surface area contributed by atoms with Crippen molar-refractivity contribution in [1.29, 1.82) is 0 Å². The molecule has 0 aromatic rings. The minimum atomic E-state index is -0.998. The molecule has 1 aliphatic carbocycles. The third-order valence-corrected chi connectivity index (χ3v) is 2.56. The van der Waals surface area contributed by atoms with Crippen molar-refractivity contribution < 1.29 is 24.2 Å². The number of allylic oxidation sites excluding steroid dienone is 2. The first kappa shape index (κ1) is 13.1. The Labute approximate surface area is 98.0 Å². The average molecular weight is 239 g/mol. The van der Waals surface area contributed by atoms with Gasteiger partial charge in [-0.15, -0.1) is 0 Å². The topological polar surface area (TPSA) is 93.0 Å². The molecule has 0 fully saturated rings. The largest absolute Gasteiger partial charge is 0.481 e. The molecule has 2 unspecified atom stereocenters. The highest BCUT2D eigenvalue weighted by Crippen LogP contribution is 2.26. The molecule has 6 heteroatoms. The third-order valence-electron chi connectivity index (χ3n) is 2.56. The van der Waals surface area contributed by atoms with Gasteiger partial charge in [0.1, 0.15) is 6.61 Å². The Kier molecular flexibility index (Phi) is 5.10. The molecule has 0 spiro atoms. The van der Waals surface area contributed by atoms with Crippen LogP contribution in [0.4, 0.5) is 0 Å². The number of hydrogen-bond acceptors (Lipinski definition) is 5. The van der Waals surface area contributed by atoms with E-state index in [1.54, 1.807) is 12.2 Å². The van der Waals surface area contributed by atoms with Crippen molar-refractivity contribution in [3.8, 4) is 0 Å². The van der Waals surface area contributed by atoms with Crippen molar-refractivity contribution in [1.82, 2.24) is 0 Å². The molecule has 0 radical (unpaired) electrons. The molecule has 0 amide bonds. The fraction of sp³-hybridized carbons (Fsp3) is 0.545. The van der Waals surface area contributed by atoms with Gasteiger partial charge in [0, 0.05) is 0 Å². The molecule has 17 heavy (non-hydrogen) atoms. The number of esters is 1. The lowest BCUT2D eigenvalue weighted by Crippen LogP contribution is -2.32. The summed E-state index contributed by atoms with van der Waals surface area (Å²) < 4.78 is 4.86. The number of aliphatic carboxylic acids is 1. The van der Waals surface area contributed by atoms with Crippen LogP contribution in [0.2, 0.25) is 0 Å². The van der Waals surface area contributed by atoms with Gasteiger partial charge in [0.15, 0.2) is 0 Å². The van der Waals surface area contributed by atoms with E-state index in [0.29, 0.717) is 12.8 Å². The van der Waals surface area contributed by atoms with Gasteiger partial charge in [-0.3, -0.25) is 9.59 Å². The maximum absolute atomic E-state index is 11.6. The second-order valence-corrected chi connectivity index (χ2v) is 3.63. The molecule has 0 saturated carbocycles. The fourth-order valence-corrected chi connectivity index (χ4v) is 1.69. The van der Waals surface area contributed by atoms with Crippen LogP contribution in [0.5, 0.6) is 0 Å². The van der Waals surface area contributed by atoms with Crippen LogP contribution < -0.4 is 0 Å². The Morgan fingerprint density at radius 1 is 1.35 bits per heavy atom. The van der Waals surface area contributed by atoms with Gasteiger partial charge in [-0.2, -0.15) is 0 Å². The molecule has 0 aromatic heterocycles. The first-order valence-corrected chi connectivity index (χ1v) is 5.25. The third kappa shape index (κ3) is 3.85. The maximum atomic E-state index is 11.6. The molecule has 0 saturated heterocycles. The van der Waals surface area contributed by atoms with Crippen molar-refractivity contribution in [3.63, 3.8) is 0 Å². The lowest BCUT2D eigenvalue weighted by Gasteiger charge is -2.23. The SMILES string of the molecule is O=C=NCCOC(=O)C1CC=CCC1C(=O)O. The first-order chi connectivity index (χ1) is 8.16. The zero-order valence-electron chi connectivity index (χ0n) is 9.17. The lowest BCUT2D eigenvalue weighted by atomic mass is 9.83. The second kappa shape index (κ2) is 6.60. The maximum Gasteiger partial charge on any atom is 0.310 e. The van der Waals surface area contributed by atoms with E-state index in [1.807, 2.05) is 0 Å². The van der Waals surface area contributed by atoms with Crippen LogP contribution in [-0.2, 0) is 19.1 Å². The van der Waals surface area contributed by atoms with Gasteiger partial charge in [-0.25, -0.2) is 9.79 Å². The van der Waals surface area contributed by atoms with E-state index in [1.165, 1.54) is 6.08 Å². The number of nitrogens with zero attached hydrogens (tertiary/aromatic N) is 1. The van der Waals surface area contributed by atoms with E-state index in [2.05, 4.69) is 4.99 Å². The van der Waals surface area contributed by atoms with Gasteiger partial charge in [0.2, 0.25) is 6.08 Å². The van der Waals surface area contributed by atoms with Crippen molar-refractivity contribution in [3.05, 3.63) is 12.2 Å². The normalized spacial score (nSPS) is 22.6. The summed E-state index contributed by atoms with van der Waals surface area (Å²) in [6, 6.07) is 0. The molecule has 1 aliphatic rings. The van der Waals surface area contributed by atoms with Crippen molar-refractivity contribution in [2.45, 2.75) is 12.8 Å². The summed E-state index contributed by atoms with van der Waals surface area (Å²) in [4.78, 5) is 35.6. The molecule has 1 N–H and O–H groups in total. The Balaban J connectivity index is 2.51. The zero-order chi connectivity index (χ0) is 12.7. The number of ether oxygens (including phenoxy) is 1. The smallest absolute Gasteiger partial charge is 0.310 e. The minimum absolute atomic E-state index is 0.0272. The predicted octanol–water partition coefficient (Wildman–Crippen LogP) is 0.532. The lowest BCUT2D eigenvalue weighted by molar-refractivity contribution is -0.157. The van der Waals surface area contributed by atoms with Gasteiger partial charge in [0.05, 0.1) is 18.4 Å². The average Bonchev–Trinajstić information content (AvgIpc) is 2.34. The van der Waals surface area contributed by atoms with Crippen molar-refractivity contribution >= 4 is 18.0 Å². The number of carbonyl (C=O) groups is 2. The molecule has 92 valence electrons. The van der Waals surface area contributed by atoms with Crippen LogP contribution in [0.1, 0.15) is 12.8 Å². The number of isocyanates is 1. The van der Waals surface area contributed by atoms with E-state index in [4.69, 9.17) is 9.84 Å². The van der Waals surface area contributed by atoms with E-state index in [9.17, 15) is 14.4 Å². The van der Waals surface area contributed by atoms with Crippen LogP contribution in [0.25, 0.3) is 0 Å². The second-order valence-electron chi connectivity index (χ2n) is 3.63. The van der Waals surface area contributed by atoms with Gasteiger partial charge in [-0.1, -0.05) is 12.2 Å². The van der Waals surface area contributed by atoms with Crippen LogP contribution >= 0.6 is 0 Å². The van der Waals surface area contributed by atoms with Crippen LogP contribution in [0.3, 0.4) is 0 Å². The van der Waals surface area contributed by atoms with Gasteiger partial charge >= 0.3 is 11.9 Å². The van der Waals surface area contributed by atoms with Crippen LogP contribution in [0, 0.1) is 11.8 Å². The van der Waals surface area contributed by atoms with Gasteiger partial charge in [0.25, 0.3) is 0 Å². The quantitative estimate of drug-likeness (QED) is 0.248. The first-order valence-electron chi connectivity index (χ1n) is 5.25. The van der Waals surface area contributed by atoms with E-state index >= 15 is 0 Å². The fourth-order valence-electron chi connectivity index (χ4n) is 1.69. The van der Waals surface area contributed by atoms with E-state index in [-0.39, 0.29) is 13.2 Å². The summed E-state index contributed by atoms with van der Waals surface area (Å²) >= 11 is 0. The minimum Gasteiger partial charge on any atom is -0.481 e. The molecular formula is C11H13NO5. The molecular weight excluding hydrogens is 226 g/mol. The summed E-state index contributed by atoms with van der Waals surface area (Å²) in [5.74, 6) is -2.94. The highest BCUT2D eigenvalue weighted by Gasteiger charge is 2.34.